The normalized spacial score (nSPS) is 14.2. The summed E-state index contributed by atoms with van der Waals surface area (Å²) < 4.78 is 0. The van der Waals surface area contributed by atoms with Crippen LogP contribution in [0.15, 0.2) is 60.0 Å². The van der Waals surface area contributed by atoms with Crippen LogP contribution in [0.5, 0.6) is 0 Å². The van der Waals surface area contributed by atoms with Gasteiger partial charge in [0.15, 0.2) is 5.13 Å². The highest BCUT2D eigenvalue weighted by molar-refractivity contribution is 7.14. The van der Waals surface area contributed by atoms with Crippen LogP contribution in [0.25, 0.3) is 0 Å². The van der Waals surface area contributed by atoms with Crippen molar-refractivity contribution in [2.75, 3.05) is 23.7 Å². The Bertz CT molecular complexity index is 1050. The van der Waals surface area contributed by atoms with E-state index in [0.29, 0.717) is 27.5 Å². The van der Waals surface area contributed by atoms with Gasteiger partial charge in [-0.25, -0.2) is 9.78 Å². The molecule has 0 aliphatic carbocycles. The SMILES string of the molecule is O=C(Nc1ccc(Cl)cc1)Nc1nc(CC(=O)N2CCC(Cc3ccccc3)CC2)cs1. The van der Waals surface area contributed by atoms with Crippen molar-refractivity contribution in [2.45, 2.75) is 25.7 Å². The quantitative estimate of drug-likeness (QED) is 0.504. The van der Waals surface area contributed by atoms with Crippen molar-refractivity contribution in [3.63, 3.8) is 0 Å². The van der Waals surface area contributed by atoms with E-state index in [1.807, 2.05) is 16.3 Å². The first kappa shape index (κ1) is 22.3. The maximum atomic E-state index is 12.7. The lowest BCUT2D eigenvalue weighted by Crippen LogP contribution is -2.39. The number of piperidine rings is 1. The minimum atomic E-state index is -0.389. The number of halogens is 1. The van der Waals surface area contributed by atoms with Crippen molar-refractivity contribution in [1.29, 1.82) is 0 Å². The summed E-state index contributed by atoms with van der Waals surface area (Å²) in [4.78, 5) is 31.2. The zero-order valence-corrected chi connectivity index (χ0v) is 19.2. The van der Waals surface area contributed by atoms with Gasteiger partial charge in [-0.2, -0.15) is 0 Å². The van der Waals surface area contributed by atoms with Gasteiger partial charge >= 0.3 is 6.03 Å². The molecule has 8 heteroatoms. The summed E-state index contributed by atoms with van der Waals surface area (Å²) in [5, 5.41) is 8.31. The van der Waals surface area contributed by atoms with Crippen LogP contribution in [0.1, 0.15) is 24.1 Å². The smallest absolute Gasteiger partial charge is 0.325 e. The molecule has 2 heterocycles. The summed E-state index contributed by atoms with van der Waals surface area (Å²) in [6.07, 6.45) is 3.37. The van der Waals surface area contributed by atoms with Gasteiger partial charge in [0.1, 0.15) is 0 Å². The minimum Gasteiger partial charge on any atom is -0.342 e. The van der Waals surface area contributed by atoms with E-state index >= 15 is 0 Å². The Kier molecular flexibility index (Phi) is 7.39. The van der Waals surface area contributed by atoms with Crippen LogP contribution in [0.3, 0.4) is 0 Å². The molecule has 2 N–H and O–H groups in total. The van der Waals surface area contributed by atoms with E-state index in [1.54, 1.807) is 24.3 Å². The third kappa shape index (κ3) is 6.31. The third-order valence-corrected chi connectivity index (χ3v) is 6.60. The highest BCUT2D eigenvalue weighted by atomic mass is 35.5. The fourth-order valence-electron chi connectivity index (χ4n) is 3.84. The molecule has 1 saturated heterocycles. The number of hydrogen-bond donors (Lipinski definition) is 2. The molecule has 0 radical (unpaired) electrons. The number of anilines is 2. The Morgan fingerprint density at radius 1 is 1.03 bits per heavy atom. The molecule has 0 atom stereocenters. The number of nitrogens with zero attached hydrogens (tertiary/aromatic N) is 2. The van der Waals surface area contributed by atoms with Crippen LogP contribution >= 0.6 is 22.9 Å². The number of nitrogens with one attached hydrogen (secondary N) is 2. The van der Waals surface area contributed by atoms with E-state index in [9.17, 15) is 9.59 Å². The van der Waals surface area contributed by atoms with Crippen molar-refractivity contribution in [1.82, 2.24) is 9.88 Å². The van der Waals surface area contributed by atoms with Crippen molar-refractivity contribution in [3.8, 4) is 0 Å². The second-order valence-corrected chi connectivity index (χ2v) is 9.22. The standard InChI is InChI=1S/C24H25ClN4O2S/c25-19-6-8-20(9-7-19)26-23(31)28-24-27-21(16-32-24)15-22(30)29-12-10-18(11-13-29)14-17-4-2-1-3-5-17/h1-9,16,18H,10-15H2,(H2,26,27,28,31). The maximum Gasteiger partial charge on any atom is 0.325 e. The molecule has 1 aromatic heterocycles. The van der Waals surface area contributed by atoms with E-state index in [0.717, 1.165) is 32.4 Å². The summed E-state index contributed by atoms with van der Waals surface area (Å²) in [6.45, 7) is 1.57. The number of likely N-dealkylation sites (tertiary alicyclic amines) is 1. The number of thiazole rings is 1. The first-order valence-corrected chi connectivity index (χ1v) is 11.9. The van der Waals surface area contributed by atoms with Gasteiger partial charge in [-0.05, 0) is 55.0 Å². The predicted molar refractivity (Wildman–Crippen MR) is 129 cm³/mol. The summed E-state index contributed by atoms with van der Waals surface area (Å²) in [5.74, 6) is 0.710. The van der Waals surface area contributed by atoms with E-state index in [4.69, 9.17) is 11.6 Å². The molecule has 0 saturated carbocycles. The van der Waals surface area contributed by atoms with E-state index in [-0.39, 0.29) is 18.4 Å². The average Bonchev–Trinajstić information content (AvgIpc) is 3.23. The third-order valence-electron chi connectivity index (χ3n) is 5.54. The van der Waals surface area contributed by atoms with Gasteiger partial charge in [-0.3, -0.25) is 10.1 Å². The van der Waals surface area contributed by atoms with Crippen molar-refractivity contribution < 1.29 is 9.59 Å². The van der Waals surface area contributed by atoms with Gasteiger partial charge in [0, 0.05) is 29.2 Å². The number of amides is 3. The summed E-state index contributed by atoms with van der Waals surface area (Å²) in [6, 6.07) is 17.0. The van der Waals surface area contributed by atoms with Gasteiger partial charge in [0.25, 0.3) is 0 Å². The first-order valence-electron chi connectivity index (χ1n) is 10.6. The van der Waals surface area contributed by atoms with E-state index in [1.165, 1.54) is 16.9 Å². The van der Waals surface area contributed by atoms with Crippen LogP contribution in [-0.2, 0) is 17.6 Å². The molecule has 3 amide bonds. The minimum absolute atomic E-state index is 0.0885. The lowest BCUT2D eigenvalue weighted by molar-refractivity contribution is -0.131. The van der Waals surface area contributed by atoms with Crippen LogP contribution in [-0.4, -0.2) is 34.9 Å². The molecule has 4 rings (SSSR count). The second-order valence-electron chi connectivity index (χ2n) is 7.92. The lowest BCUT2D eigenvalue weighted by atomic mass is 9.90. The largest absolute Gasteiger partial charge is 0.342 e. The summed E-state index contributed by atoms with van der Waals surface area (Å²) in [5.41, 5.74) is 2.67. The maximum absolute atomic E-state index is 12.7. The van der Waals surface area contributed by atoms with E-state index < -0.39 is 0 Å². The molecule has 0 unspecified atom stereocenters. The van der Waals surface area contributed by atoms with Gasteiger partial charge in [-0.15, -0.1) is 11.3 Å². The number of carbonyl (C=O) groups excluding carboxylic acids is 2. The Morgan fingerprint density at radius 2 is 1.75 bits per heavy atom. The van der Waals surface area contributed by atoms with Gasteiger partial charge in [-0.1, -0.05) is 41.9 Å². The molecular formula is C24H25ClN4O2S. The van der Waals surface area contributed by atoms with Gasteiger partial charge < -0.3 is 10.2 Å². The average molecular weight is 469 g/mol. The molecule has 2 aromatic carbocycles. The first-order chi connectivity index (χ1) is 15.5. The van der Waals surface area contributed by atoms with Crippen molar-refractivity contribution >= 4 is 45.7 Å². The van der Waals surface area contributed by atoms with Crippen LogP contribution < -0.4 is 10.6 Å². The van der Waals surface area contributed by atoms with E-state index in [2.05, 4.69) is 39.9 Å². The monoisotopic (exact) mass is 468 g/mol. The molecule has 1 aliphatic rings. The zero-order chi connectivity index (χ0) is 22.3. The van der Waals surface area contributed by atoms with Crippen molar-refractivity contribution in [3.05, 3.63) is 76.3 Å². The number of aromatic nitrogens is 1. The van der Waals surface area contributed by atoms with Crippen LogP contribution in [0, 0.1) is 5.92 Å². The molecule has 1 fully saturated rings. The molecule has 3 aromatic rings. The molecule has 0 bridgehead atoms. The molecule has 166 valence electrons. The van der Waals surface area contributed by atoms with Gasteiger partial charge in [0.2, 0.25) is 5.91 Å². The Morgan fingerprint density at radius 3 is 2.47 bits per heavy atom. The van der Waals surface area contributed by atoms with Crippen LogP contribution in [0.2, 0.25) is 5.02 Å². The van der Waals surface area contributed by atoms with Gasteiger partial charge in [0.05, 0.1) is 12.1 Å². The fraction of sp³-hybridized carbons (Fsp3) is 0.292. The van der Waals surface area contributed by atoms with Crippen molar-refractivity contribution in [2.24, 2.45) is 5.92 Å². The molecular weight excluding hydrogens is 444 g/mol. The summed E-state index contributed by atoms with van der Waals surface area (Å²) >= 11 is 7.16. The number of hydrogen-bond acceptors (Lipinski definition) is 4. The highest BCUT2D eigenvalue weighted by Crippen LogP contribution is 2.23. The number of benzene rings is 2. The molecule has 32 heavy (non-hydrogen) atoms. The zero-order valence-electron chi connectivity index (χ0n) is 17.6. The fourth-order valence-corrected chi connectivity index (χ4v) is 4.67. The Hall–Kier alpha value is -2.90. The van der Waals surface area contributed by atoms with Crippen LogP contribution in [0.4, 0.5) is 15.6 Å². The molecule has 0 spiro atoms. The second kappa shape index (κ2) is 10.6. The Labute approximate surface area is 196 Å². The number of urea groups is 1. The predicted octanol–water partition coefficient (Wildman–Crippen LogP) is 5.46. The Balaban J connectivity index is 1.22. The highest BCUT2D eigenvalue weighted by Gasteiger charge is 2.23. The lowest BCUT2D eigenvalue weighted by Gasteiger charge is -2.32. The number of rotatable bonds is 6. The topological polar surface area (TPSA) is 74.3 Å². The molecule has 6 nitrogen and oxygen atoms in total. The summed E-state index contributed by atoms with van der Waals surface area (Å²) in [7, 11) is 0. The molecule has 1 aliphatic heterocycles. The number of carbonyl (C=O) groups is 2.